The van der Waals surface area contributed by atoms with Crippen LogP contribution in [0.2, 0.25) is 0 Å². The Morgan fingerprint density at radius 1 is 0.492 bits per heavy atom. The Balaban J connectivity index is 4.34. The van der Waals surface area contributed by atoms with Gasteiger partial charge in [-0.25, -0.2) is 0 Å². The lowest BCUT2D eigenvalue weighted by molar-refractivity contribution is -0.889. The van der Waals surface area contributed by atoms with Crippen molar-refractivity contribution in [2.75, 3.05) is 41.0 Å². The molecule has 0 aromatic rings. The number of carboxylic acids is 1. The molecule has 0 saturated heterocycles. The summed E-state index contributed by atoms with van der Waals surface area (Å²) in [4.78, 5) is 37.0. The highest BCUT2D eigenvalue weighted by molar-refractivity contribution is 5.70. The molecule has 0 aliphatic heterocycles. The van der Waals surface area contributed by atoms with E-state index < -0.39 is 18.1 Å². The minimum Gasteiger partial charge on any atom is -0.544 e. The molecular formula is C55H93NO7. The summed E-state index contributed by atoms with van der Waals surface area (Å²) in [5.74, 6) is -1.80. The molecule has 0 radical (unpaired) electrons. The molecule has 0 spiro atoms. The highest BCUT2D eigenvalue weighted by Crippen LogP contribution is 2.15. The molecule has 0 aromatic carbocycles. The second-order valence-corrected chi connectivity index (χ2v) is 17.8. The third kappa shape index (κ3) is 43.5. The molecule has 0 aliphatic carbocycles. The van der Waals surface area contributed by atoms with E-state index in [0.717, 1.165) is 44.9 Å². The Hall–Kier alpha value is -3.49. The fraction of sp³-hybridized carbons (Fsp3) is 0.691. The van der Waals surface area contributed by atoms with Crippen molar-refractivity contribution < 1.29 is 38.2 Å². The summed E-state index contributed by atoms with van der Waals surface area (Å²) in [7, 11) is 5.39. The first-order valence-corrected chi connectivity index (χ1v) is 25.2. The number of rotatable bonds is 44. The van der Waals surface area contributed by atoms with Crippen molar-refractivity contribution in [3.05, 3.63) is 85.1 Å². The molecule has 0 fully saturated rings. The third-order valence-electron chi connectivity index (χ3n) is 10.9. The lowest BCUT2D eigenvalue weighted by Gasteiger charge is -2.34. The molecule has 0 aromatic heterocycles. The van der Waals surface area contributed by atoms with Crippen LogP contribution in [-0.4, -0.2) is 75.5 Å². The fourth-order valence-electron chi connectivity index (χ4n) is 7.04. The molecule has 0 saturated carbocycles. The Morgan fingerprint density at radius 3 is 1.38 bits per heavy atom. The topological polar surface area (TPSA) is 102 Å². The Kier molecular flexibility index (Phi) is 42.6. The van der Waals surface area contributed by atoms with Gasteiger partial charge in [-0.2, -0.15) is 0 Å². The van der Waals surface area contributed by atoms with Crippen LogP contribution >= 0.6 is 0 Å². The first kappa shape index (κ1) is 59.5. The largest absolute Gasteiger partial charge is 0.544 e. The van der Waals surface area contributed by atoms with Crippen LogP contribution in [-0.2, 0) is 28.6 Å². The molecule has 0 aliphatic rings. The van der Waals surface area contributed by atoms with Crippen molar-refractivity contribution in [2.24, 2.45) is 0 Å². The van der Waals surface area contributed by atoms with Gasteiger partial charge in [0.05, 0.1) is 40.3 Å². The average Bonchev–Trinajstić information content (AvgIpc) is 3.24. The van der Waals surface area contributed by atoms with Crippen LogP contribution < -0.4 is 5.11 Å². The monoisotopic (exact) mass is 880 g/mol. The van der Waals surface area contributed by atoms with Gasteiger partial charge in [-0.15, -0.1) is 0 Å². The number of hydrogen-bond donors (Lipinski definition) is 0. The van der Waals surface area contributed by atoms with E-state index >= 15 is 0 Å². The van der Waals surface area contributed by atoms with Gasteiger partial charge in [0.1, 0.15) is 12.6 Å². The number of quaternary nitrogens is 1. The van der Waals surface area contributed by atoms with Crippen molar-refractivity contribution in [1.29, 1.82) is 0 Å². The van der Waals surface area contributed by atoms with Crippen LogP contribution in [0, 0.1) is 0 Å². The second kappa shape index (κ2) is 45.1. The predicted molar refractivity (Wildman–Crippen MR) is 263 cm³/mol. The number of unbranched alkanes of at least 4 members (excludes halogenated alkanes) is 21. The zero-order valence-electron chi connectivity index (χ0n) is 41.0. The molecular weight excluding hydrogens is 787 g/mol. The summed E-state index contributed by atoms with van der Waals surface area (Å²) in [5.41, 5.74) is 0. The molecule has 0 N–H and O–H groups in total. The molecule has 0 rings (SSSR count). The minimum atomic E-state index is -1.13. The van der Waals surface area contributed by atoms with Gasteiger partial charge < -0.3 is 28.6 Å². The standard InChI is InChI=1S/C55H93NO7/c1-6-8-10-12-14-16-18-20-22-24-25-26-27-28-30-32-34-36-38-40-42-44-46-54(58)63-51(49-61-48-47-52(55(59)60)56(3,4)5)50-62-53(57)45-43-41-39-37-35-33-31-29-23-21-19-17-15-13-11-9-7-2/h9,11,13,15,17,19,21,23,27-29,31,33,35,51-52H,6-8,10,12,14,16,18,20,22,24-26,30,32,34,36-50H2,1-5H3/b11-9+,15-13+,19-17+,23-21+,28-27+,31-29+,35-33+. The van der Waals surface area contributed by atoms with Gasteiger partial charge in [0.2, 0.25) is 0 Å². The normalized spacial score (nSPS) is 13.6. The highest BCUT2D eigenvalue weighted by Gasteiger charge is 2.25. The summed E-state index contributed by atoms with van der Waals surface area (Å²) < 4.78 is 17.2. The number of aliphatic carboxylic acids is 1. The number of allylic oxidation sites excluding steroid dienone is 14. The molecule has 2 unspecified atom stereocenters. The zero-order chi connectivity index (χ0) is 46.3. The highest BCUT2D eigenvalue weighted by atomic mass is 16.6. The summed E-state index contributed by atoms with van der Waals surface area (Å²) in [6.07, 6.45) is 59.0. The van der Waals surface area contributed by atoms with E-state index in [1.807, 2.05) is 60.8 Å². The van der Waals surface area contributed by atoms with Crippen LogP contribution in [0.15, 0.2) is 85.1 Å². The molecule has 2 atom stereocenters. The Bertz CT molecular complexity index is 1300. The fourth-order valence-corrected chi connectivity index (χ4v) is 7.04. The second-order valence-electron chi connectivity index (χ2n) is 17.8. The molecule has 8 heteroatoms. The number of carboxylic acid groups (broad SMARTS) is 1. The van der Waals surface area contributed by atoms with E-state index in [0.29, 0.717) is 19.3 Å². The smallest absolute Gasteiger partial charge is 0.306 e. The van der Waals surface area contributed by atoms with E-state index in [1.165, 1.54) is 109 Å². The van der Waals surface area contributed by atoms with E-state index in [2.05, 4.69) is 38.2 Å². The SMILES string of the molecule is CC/C=C/C=C/C=C/C=C/C=C/C=C/CCCCCC(=O)OCC(COCCC(C(=O)[O-])[N+](C)(C)C)OC(=O)CCCCCCCCC/C=C/CCCCCCCCCCCCC. The third-order valence-corrected chi connectivity index (χ3v) is 10.9. The van der Waals surface area contributed by atoms with E-state index in [1.54, 1.807) is 21.1 Å². The average molecular weight is 880 g/mol. The Labute approximate surface area is 386 Å². The van der Waals surface area contributed by atoms with Crippen molar-refractivity contribution in [1.82, 2.24) is 0 Å². The number of hydrogen-bond acceptors (Lipinski definition) is 7. The van der Waals surface area contributed by atoms with Crippen LogP contribution in [0.5, 0.6) is 0 Å². The molecule has 0 heterocycles. The number of likely N-dealkylation sites (N-methyl/N-ethyl adjacent to an activating group) is 1. The summed E-state index contributed by atoms with van der Waals surface area (Å²) in [6.45, 7) is 4.47. The summed E-state index contributed by atoms with van der Waals surface area (Å²) >= 11 is 0. The van der Waals surface area contributed by atoms with Crippen LogP contribution in [0.1, 0.15) is 194 Å². The first-order valence-electron chi connectivity index (χ1n) is 25.2. The molecule has 8 nitrogen and oxygen atoms in total. The molecule has 63 heavy (non-hydrogen) atoms. The summed E-state index contributed by atoms with van der Waals surface area (Å²) in [5, 5.41) is 11.7. The van der Waals surface area contributed by atoms with Crippen molar-refractivity contribution in [3.63, 3.8) is 0 Å². The van der Waals surface area contributed by atoms with Gasteiger partial charge in [0.15, 0.2) is 6.10 Å². The van der Waals surface area contributed by atoms with E-state index in [4.69, 9.17) is 14.2 Å². The first-order chi connectivity index (χ1) is 30.6. The van der Waals surface area contributed by atoms with E-state index in [9.17, 15) is 19.5 Å². The molecule has 360 valence electrons. The number of ether oxygens (including phenoxy) is 3. The van der Waals surface area contributed by atoms with Crippen molar-refractivity contribution >= 4 is 17.9 Å². The van der Waals surface area contributed by atoms with Gasteiger partial charge in [-0.05, 0) is 57.8 Å². The zero-order valence-corrected chi connectivity index (χ0v) is 41.0. The number of nitrogens with zero attached hydrogens (tertiary/aromatic N) is 1. The van der Waals surface area contributed by atoms with Crippen molar-refractivity contribution in [2.45, 2.75) is 206 Å². The maximum Gasteiger partial charge on any atom is 0.306 e. The molecule has 0 amide bonds. The Morgan fingerprint density at radius 2 is 0.905 bits per heavy atom. The number of carbonyl (C=O) groups excluding carboxylic acids is 3. The maximum absolute atomic E-state index is 12.8. The lowest BCUT2D eigenvalue weighted by atomic mass is 10.0. The van der Waals surface area contributed by atoms with Gasteiger partial charge in [0.25, 0.3) is 0 Å². The predicted octanol–water partition coefficient (Wildman–Crippen LogP) is 13.1. The maximum atomic E-state index is 12.8. The van der Waals surface area contributed by atoms with Gasteiger partial charge in [0, 0.05) is 19.3 Å². The van der Waals surface area contributed by atoms with Crippen LogP contribution in [0.25, 0.3) is 0 Å². The summed E-state index contributed by atoms with van der Waals surface area (Å²) in [6, 6.07) is -0.739. The van der Waals surface area contributed by atoms with Crippen LogP contribution in [0.3, 0.4) is 0 Å². The van der Waals surface area contributed by atoms with Gasteiger partial charge in [-0.3, -0.25) is 9.59 Å². The minimum absolute atomic E-state index is 0.0199. The van der Waals surface area contributed by atoms with Gasteiger partial charge in [-0.1, -0.05) is 202 Å². The van der Waals surface area contributed by atoms with E-state index in [-0.39, 0.29) is 42.7 Å². The number of carbonyl (C=O) groups is 3. The lowest BCUT2D eigenvalue weighted by Crippen LogP contribution is -2.55. The van der Waals surface area contributed by atoms with Gasteiger partial charge >= 0.3 is 11.9 Å². The van der Waals surface area contributed by atoms with Crippen LogP contribution in [0.4, 0.5) is 0 Å². The quantitative estimate of drug-likeness (QED) is 0.0197. The molecule has 0 bridgehead atoms. The van der Waals surface area contributed by atoms with Crippen molar-refractivity contribution in [3.8, 4) is 0 Å². The number of esters is 2.